The Hall–Kier alpha value is -3.11. The zero-order valence-electron chi connectivity index (χ0n) is 14.8. The fourth-order valence-electron chi connectivity index (χ4n) is 2.64. The maximum absolute atomic E-state index is 13.1. The summed E-state index contributed by atoms with van der Waals surface area (Å²) in [6.45, 7) is 0.860. The van der Waals surface area contributed by atoms with Gasteiger partial charge in [-0.3, -0.25) is 14.2 Å². The van der Waals surface area contributed by atoms with Gasteiger partial charge in [0.25, 0.3) is 0 Å². The molecule has 0 saturated carbocycles. The Morgan fingerprint density at radius 2 is 1.90 bits per heavy atom. The van der Waals surface area contributed by atoms with Crippen LogP contribution in [0.4, 0.5) is 32.2 Å². The number of carbonyl (C=O) groups excluding carboxylic acids is 1. The normalized spacial score (nSPS) is 13.5. The zero-order chi connectivity index (χ0) is 21.4. The molecule has 0 aliphatic heterocycles. The molecule has 0 fully saturated rings. The molecule has 5 nitrogen and oxygen atoms in total. The lowest BCUT2D eigenvalue weighted by Gasteiger charge is -2.15. The highest BCUT2D eigenvalue weighted by atomic mass is 19.4. The minimum absolute atomic E-state index is 0.0275. The summed E-state index contributed by atoms with van der Waals surface area (Å²) in [5, 5.41) is 2.27. The van der Waals surface area contributed by atoms with Crippen LogP contribution in [0.25, 0.3) is 17.0 Å². The van der Waals surface area contributed by atoms with Crippen molar-refractivity contribution in [2.45, 2.75) is 25.7 Å². The summed E-state index contributed by atoms with van der Waals surface area (Å²) >= 11 is 0. The van der Waals surface area contributed by atoms with Crippen LogP contribution in [0.1, 0.15) is 18.9 Å². The molecule has 0 saturated heterocycles. The number of imidazole rings is 1. The number of carbonyl (C=O) groups is 1. The second kappa shape index (κ2) is 7.37. The number of halogens is 6. The predicted octanol–water partition coefficient (Wildman–Crippen LogP) is 4.94. The molecule has 3 heterocycles. The number of amides is 1. The van der Waals surface area contributed by atoms with Gasteiger partial charge in [-0.25, -0.2) is 4.98 Å². The Balaban J connectivity index is 2.03. The van der Waals surface area contributed by atoms with E-state index in [2.05, 4.69) is 15.3 Å². The minimum Gasteiger partial charge on any atom is -0.309 e. The van der Waals surface area contributed by atoms with Gasteiger partial charge in [0.2, 0.25) is 5.91 Å². The van der Waals surface area contributed by atoms with Gasteiger partial charge in [-0.05, 0) is 24.3 Å². The van der Waals surface area contributed by atoms with Crippen molar-refractivity contribution in [1.82, 2.24) is 14.4 Å². The topological polar surface area (TPSA) is 59.3 Å². The number of anilines is 1. The lowest BCUT2D eigenvalue weighted by Crippen LogP contribution is -2.25. The fraction of sp³-hybridized carbons (Fsp3) is 0.278. The number of hydrogen-bond donors (Lipinski definition) is 1. The van der Waals surface area contributed by atoms with Crippen molar-refractivity contribution in [1.29, 1.82) is 0 Å². The number of alkyl halides is 6. The molecular weight excluding hydrogens is 402 g/mol. The third-order valence-corrected chi connectivity index (χ3v) is 4.17. The first kappa shape index (κ1) is 20.6. The first-order valence-corrected chi connectivity index (χ1v) is 8.34. The number of nitrogens with one attached hydrogen (secondary N) is 1. The average Bonchev–Trinajstić information content (AvgIpc) is 2.97. The number of nitrogens with zero attached hydrogens (tertiary/aromatic N) is 3. The van der Waals surface area contributed by atoms with E-state index in [1.54, 1.807) is 12.1 Å². The summed E-state index contributed by atoms with van der Waals surface area (Å²) in [6.07, 6.45) is -7.58. The van der Waals surface area contributed by atoms with Gasteiger partial charge < -0.3 is 5.32 Å². The van der Waals surface area contributed by atoms with Crippen LogP contribution in [0.15, 0.2) is 42.7 Å². The van der Waals surface area contributed by atoms with Crippen molar-refractivity contribution in [3.8, 4) is 11.4 Å². The van der Waals surface area contributed by atoms with Gasteiger partial charge in [-0.1, -0.05) is 13.0 Å². The molecule has 1 atom stereocenters. The Morgan fingerprint density at radius 1 is 1.17 bits per heavy atom. The first-order chi connectivity index (χ1) is 13.5. The van der Waals surface area contributed by atoms with E-state index in [9.17, 15) is 31.1 Å². The van der Waals surface area contributed by atoms with Crippen LogP contribution >= 0.6 is 0 Å². The summed E-state index contributed by atoms with van der Waals surface area (Å²) in [5.41, 5.74) is -0.797. The molecule has 3 aromatic heterocycles. The van der Waals surface area contributed by atoms with Gasteiger partial charge in [0.05, 0.1) is 17.2 Å². The van der Waals surface area contributed by atoms with E-state index in [1.807, 2.05) is 0 Å². The SMILES string of the molecule is CC(CC(=O)Nc1nc2ccccn2c1-c1cc(C(F)(F)F)ccn1)C(F)(F)F. The quantitative estimate of drug-likeness (QED) is 0.613. The van der Waals surface area contributed by atoms with Gasteiger partial charge in [-0.2, -0.15) is 26.3 Å². The Labute approximate surface area is 160 Å². The fourth-order valence-corrected chi connectivity index (χ4v) is 2.64. The molecule has 11 heteroatoms. The molecule has 0 bridgehead atoms. The number of rotatable bonds is 4. The molecule has 0 radical (unpaired) electrons. The van der Waals surface area contributed by atoms with E-state index in [0.717, 1.165) is 25.3 Å². The largest absolute Gasteiger partial charge is 0.416 e. The van der Waals surface area contributed by atoms with E-state index >= 15 is 0 Å². The highest BCUT2D eigenvalue weighted by molar-refractivity contribution is 5.94. The smallest absolute Gasteiger partial charge is 0.309 e. The van der Waals surface area contributed by atoms with Gasteiger partial charge in [-0.15, -0.1) is 0 Å². The molecule has 3 rings (SSSR count). The van der Waals surface area contributed by atoms with Crippen LogP contribution in [0.2, 0.25) is 0 Å². The standard InChI is InChI=1S/C18H14F6N4O/c1-10(17(19,20)21)8-14(29)27-16-15(28-7-3-2-4-13(28)26-16)12-9-11(5-6-25-12)18(22,23)24/h2-7,9-10H,8H2,1H3,(H,27,29). The van der Waals surface area contributed by atoms with Gasteiger partial charge in [0.15, 0.2) is 5.82 Å². The summed E-state index contributed by atoms with van der Waals surface area (Å²) < 4.78 is 78.7. The third-order valence-electron chi connectivity index (χ3n) is 4.17. The molecule has 1 amide bonds. The maximum atomic E-state index is 13.1. The second-order valence-electron chi connectivity index (χ2n) is 6.36. The molecule has 0 spiro atoms. The first-order valence-electron chi connectivity index (χ1n) is 8.34. The zero-order valence-corrected chi connectivity index (χ0v) is 14.8. The Morgan fingerprint density at radius 3 is 2.55 bits per heavy atom. The summed E-state index contributed by atoms with van der Waals surface area (Å²) in [6, 6.07) is 6.30. The molecule has 1 unspecified atom stereocenters. The van der Waals surface area contributed by atoms with Crippen molar-refractivity contribution < 1.29 is 31.1 Å². The second-order valence-corrected chi connectivity index (χ2v) is 6.36. The van der Waals surface area contributed by atoms with Crippen molar-refractivity contribution >= 4 is 17.4 Å². The van der Waals surface area contributed by atoms with Crippen molar-refractivity contribution in [3.05, 3.63) is 48.3 Å². The van der Waals surface area contributed by atoms with Crippen molar-refractivity contribution in [2.24, 2.45) is 5.92 Å². The van der Waals surface area contributed by atoms with Crippen LogP contribution in [0, 0.1) is 5.92 Å². The monoisotopic (exact) mass is 416 g/mol. The van der Waals surface area contributed by atoms with Crippen LogP contribution < -0.4 is 5.32 Å². The van der Waals surface area contributed by atoms with Crippen LogP contribution in [-0.4, -0.2) is 26.5 Å². The molecule has 0 aliphatic rings. The Kier molecular flexibility index (Phi) is 5.24. The minimum atomic E-state index is -4.62. The van der Waals surface area contributed by atoms with Crippen LogP contribution in [0.5, 0.6) is 0 Å². The molecular formula is C18H14F6N4O. The summed E-state index contributed by atoms with van der Waals surface area (Å²) in [5.74, 6) is -3.04. The average molecular weight is 416 g/mol. The molecule has 29 heavy (non-hydrogen) atoms. The van der Waals surface area contributed by atoms with Gasteiger partial charge >= 0.3 is 12.4 Å². The van der Waals surface area contributed by atoms with Gasteiger partial charge in [0, 0.05) is 18.8 Å². The van der Waals surface area contributed by atoms with E-state index in [4.69, 9.17) is 0 Å². The Bertz CT molecular complexity index is 1040. The number of aromatic nitrogens is 3. The molecule has 3 aromatic rings. The van der Waals surface area contributed by atoms with E-state index < -0.39 is 36.2 Å². The highest BCUT2D eigenvalue weighted by Gasteiger charge is 2.37. The summed E-state index contributed by atoms with van der Waals surface area (Å²) in [4.78, 5) is 20.1. The summed E-state index contributed by atoms with van der Waals surface area (Å²) in [7, 11) is 0. The third kappa shape index (κ3) is 4.49. The maximum Gasteiger partial charge on any atom is 0.416 e. The van der Waals surface area contributed by atoms with E-state index in [0.29, 0.717) is 0 Å². The molecule has 154 valence electrons. The van der Waals surface area contributed by atoms with Crippen molar-refractivity contribution in [2.75, 3.05) is 5.32 Å². The number of hydrogen-bond acceptors (Lipinski definition) is 3. The van der Waals surface area contributed by atoms with Crippen molar-refractivity contribution in [3.63, 3.8) is 0 Å². The highest BCUT2D eigenvalue weighted by Crippen LogP contribution is 2.34. The molecule has 0 aliphatic carbocycles. The van der Waals surface area contributed by atoms with E-state index in [-0.39, 0.29) is 22.9 Å². The van der Waals surface area contributed by atoms with Crippen LogP contribution in [-0.2, 0) is 11.0 Å². The lowest BCUT2D eigenvalue weighted by molar-refractivity contribution is -0.173. The van der Waals surface area contributed by atoms with Crippen LogP contribution in [0.3, 0.4) is 0 Å². The molecule has 1 N–H and O–H groups in total. The molecule has 0 aromatic carbocycles. The van der Waals surface area contributed by atoms with E-state index in [1.165, 1.54) is 16.7 Å². The lowest BCUT2D eigenvalue weighted by atomic mass is 10.1. The van der Waals surface area contributed by atoms with Gasteiger partial charge in [0.1, 0.15) is 11.3 Å². The number of pyridine rings is 2. The number of fused-ring (bicyclic) bond motifs is 1. The predicted molar refractivity (Wildman–Crippen MR) is 91.9 cm³/mol.